The maximum Gasteiger partial charge on any atom is 0.337 e. The van der Waals surface area contributed by atoms with E-state index in [4.69, 9.17) is 5.11 Å². The molecule has 0 aliphatic heterocycles. The van der Waals surface area contributed by atoms with Crippen molar-refractivity contribution in [1.82, 2.24) is 4.90 Å². The van der Waals surface area contributed by atoms with Crippen LogP contribution >= 0.6 is 0 Å². The van der Waals surface area contributed by atoms with Gasteiger partial charge >= 0.3 is 12.0 Å². The Kier molecular flexibility index (Phi) is 5.11. The van der Waals surface area contributed by atoms with E-state index in [0.717, 1.165) is 0 Å². The standard InChI is InChI=1S/C14H18N2O3/c1-4-5-9-16(3)14(19)15-12-10(2)7-6-8-11(12)13(17)18/h4,6-8H,1,5,9H2,2-3H3,(H,15,19)(H,17,18). The van der Waals surface area contributed by atoms with Crippen LogP contribution in [0.5, 0.6) is 0 Å². The van der Waals surface area contributed by atoms with Crippen molar-refractivity contribution >= 4 is 17.7 Å². The van der Waals surface area contributed by atoms with Gasteiger partial charge in [-0.15, -0.1) is 6.58 Å². The van der Waals surface area contributed by atoms with Gasteiger partial charge in [0, 0.05) is 13.6 Å². The van der Waals surface area contributed by atoms with Crippen LogP contribution < -0.4 is 5.32 Å². The number of benzene rings is 1. The molecule has 5 heteroatoms. The molecule has 1 aromatic carbocycles. The van der Waals surface area contributed by atoms with E-state index >= 15 is 0 Å². The highest BCUT2D eigenvalue weighted by Gasteiger charge is 2.16. The number of carbonyl (C=O) groups excluding carboxylic acids is 1. The second kappa shape index (κ2) is 6.58. The first-order chi connectivity index (χ1) is 8.97. The minimum absolute atomic E-state index is 0.0884. The Balaban J connectivity index is 2.90. The number of nitrogens with zero attached hydrogens (tertiary/aromatic N) is 1. The van der Waals surface area contributed by atoms with Crippen molar-refractivity contribution in [3.05, 3.63) is 42.0 Å². The first kappa shape index (κ1) is 14.8. The Morgan fingerprint density at radius 1 is 1.47 bits per heavy atom. The molecule has 0 saturated heterocycles. The highest BCUT2D eigenvalue weighted by molar-refractivity contribution is 6.00. The number of para-hydroxylation sites is 1. The predicted octanol–water partition coefficient (Wildman–Crippen LogP) is 2.73. The molecule has 2 amide bonds. The summed E-state index contributed by atoms with van der Waals surface area (Å²) in [5.74, 6) is -1.06. The Bertz CT molecular complexity index is 497. The first-order valence-electron chi connectivity index (χ1n) is 5.93. The van der Waals surface area contributed by atoms with Crippen molar-refractivity contribution < 1.29 is 14.7 Å². The van der Waals surface area contributed by atoms with E-state index in [1.807, 2.05) is 0 Å². The molecule has 0 atom stereocenters. The van der Waals surface area contributed by atoms with Gasteiger partial charge in [0.2, 0.25) is 0 Å². The number of nitrogens with one attached hydrogen (secondary N) is 1. The van der Waals surface area contributed by atoms with Gasteiger partial charge in [-0.3, -0.25) is 0 Å². The third-order valence-corrected chi connectivity index (χ3v) is 2.75. The molecular formula is C14H18N2O3. The molecule has 1 aromatic rings. The number of anilines is 1. The maximum absolute atomic E-state index is 11.9. The summed E-state index contributed by atoms with van der Waals surface area (Å²) in [5.41, 5.74) is 1.14. The molecule has 19 heavy (non-hydrogen) atoms. The number of hydrogen-bond donors (Lipinski definition) is 2. The molecule has 0 unspecified atom stereocenters. The van der Waals surface area contributed by atoms with Gasteiger partial charge < -0.3 is 15.3 Å². The maximum atomic E-state index is 11.9. The number of rotatable bonds is 5. The molecule has 0 saturated carbocycles. The third kappa shape index (κ3) is 3.84. The molecule has 0 aliphatic rings. The van der Waals surface area contributed by atoms with E-state index in [-0.39, 0.29) is 11.6 Å². The van der Waals surface area contributed by atoms with Crippen LogP contribution in [0.1, 0.15) is 22.3 Å². The highest BCUT2D eigenvalue weighted by atomic mass is 16.4. The number of hydrogen-bond acceptors (Lipinski definition) is 2. The molecule has 0 radical (unpaired) electrons. The summed E-state index contributed by atoms with van der Waals surface area (Å²) in [7, 11) is 1.65. The van der Waals surface area contributed by atoms with E-state index in [0.29, 0.717) is 24.2 Å². The van der Waals surface area contributed by atoms with Crippen LogP contribution in [-0.4, -0.2) is 35.6 Å². The average molecular weight is 262 g/mol. The second-order valence-electron chi connectivity index (χ2n) is 4.23. The van der Waals surface area contributed by atoms with E-state index in [9.17, 15) is 9.59 Å². The first-order valence-corrected chi connectivity index (χ1v) is 5.93. The molecule has 1 rings (SSSR count). The van der Waals surface area contributed by atoms with E-state index < -0.39 is 5.97 Å². The van der Waals surface area contributed by atoms with Crippen LogP contribution in [0.3, 0.4) is 0 Å². The summed E-state index contributed by atoms with van der Waals surface area (Å²) in [4.78, 5) is 24.5. The molecule has 0 heterocycles. The summed E-state index contributed by atoms with van der Waals surface area (Å²) >= 11 is 0. The zero-order chi connectivity index (χ0) is 14.4. The monoisotopic (exact) mass is 262 g/mol. The normalized spacial score (nSPS) is 9.79. The molecule has 0 bridgehead atoms. The summed E-state index contributed by atoms with van der Waals surface area (Å²) in [6.45, 7) is 5.88. The molecule has 5 nitrogen and oxygen atoms in total. The van der Waals surface area contributed by atoms with Crippen LogP contribution in [0, 0.1) is 6.92 Å². The Hall–Kier alpha value is -2.30. The van der Waals surface area contributed by atoms with E-state index in [1.165, 1.54) is 11.0 Å². The second-order valence-corrected chi connectivity index (χ2v) is 4.23. The fraction of sp³-hybridized carbons (Fsp3) is 0.286. The molecule has 0 aromatic heterocycles. The van der Waals surface area contributed by atoms with Gasteiger partial charge in [0.1, 0.15) is 0 Å². The molecule has 0 aliphatic carbocycles. The summed E-state index contributed by atoms with van der Waals surface area (Å²) in [6.07, 6.45) is 2.41. The van der Waals surface area contributed by atoms with Crippen molar-refractivity contribution in [3.8, 4) is 0 Å². The van der Waals surface area contributed by atoms with Crippen molar-refractivity contribution in [2.75, 3.05) is 18.9 Å². The molecule has 0 fully saturated rings. The Labute approximate surface area is 112 Å². The van der Waals surface area contributed by atoms with Gasteiger partial charge in [0.05, 0.1) is 11.3 Å². The number of carboxylic acids is 1. The fourth-order valence-electron chi connectivity index (χ4n) is 1.60. The molecular weight excluding hydrogens is 244 g/mol. The minimum atomic E-state index is -1.06. The lowest BCUT2D eigenvalue weighted by Gasteiger charge is -2.19. The van der Waals surface area contributed by atoms with Crippen LogP contribution in [0.25, 0.3) is 0 Å². The molecule has 0 spiro atoms. The average Bonchev–Trinajstić information content (AvgIpc) is 2.37. The summed E-state index contributed by atoms with van der Waals surface area (Å²) in [6, 6.07) is 4.54. The number of aryl methyl sites for hydroxylation is 1. The van der Waals surface area contributed by atoms with Gasteiger partial charge in [-0.05, 0) is 25.0 Å². The lowest BCUT2D eigenvalue weighted by Crippen LogP contribution is -2.32. The van der Waals surface area contributed by atoms with Crippen LogP contribution in [0.2, 0.25) is 0 Å². The zero-order valence-electron chi connectivity index (χ0n) is 11.1. The van der Waals surface area contributed by atoms with Crippen molar-refractivity contribution in [2.24, 2.45) is 0 Å². The number of carboxylic acid groups (broad SMARTS) is 1. The largest absolute Gasteiger partial charge is 0.478 e. The number of urea groups is 1. The minimum Gasteiger partial charge on any atom is -0.478 e. The summed E-state index contributed by atoms with van der Waals surface area (Å²) in [5, 5.41) is 11.7. The van der Waals surface area contributed by atoms with Crippen molar-refractivity contribution in [1.29, 1.82) is 0 Å². The Morgan fingerprint density at radius 2 is 2.16 bits per heavy atom. The SMILES string of the molecule is C=CCCN(C)C(=O)Nc1c(C)cccc1C(=O)O. The molecule has 102 valence electrons. The molecule has 2 N–H and O–H groups in total. The van der Waals surface area contributed by atoms with E-state index in [1.54, 1.807) is 32.2 Å². The number of amides is 2. The quantitative estimate of drug-likeness (QED) is 0.801. The van der Waals surface area contributed by atoms with Crippen LogP contribution in [-0.2, 0) is 0 Å². The number of aromatic carboxylic acids is 1. The van der Waals surface area contributed by atoms with Gasteiger partial charge in [-0.25, -0.2) is 9.59 Å². The lowest BCUT2D eigenvalue weighted by atomic mass is 10.1. The third-order valence-electron chi connectivity index (χ3n) is 2.75. The van der Waals surface area contributed by atoms with Crippen molar-refractivity contribution in [2.45, 2.75) is 13.3 Å². The smallest absolute Gasteiger partial charge is 0.337 e. The van der Waals surface area contributed by atoms with Gasteiger partial charge in [0.15, 0.2) is 0 Å². The zero-order valence-corrected chi connectivity index (χ0v) is 11.1. The topological polar surface area (TPSA) is 69.6 Å². The Morgan fingerprint density at radius 3 is 2.74 bits per heavy atom. The summed E-state index contributed by atoms with van der Waals surface area (Å²) < 4.78 is 0. The van der Waals surface area contributed by atoms with E-state index in [2.05, 4.69) is 11.9 Å². The van der Waals surface area contributed by atoms with Gasteiger partial charge in [0.25, 0.3) is 0 Å². The number of carbonyl (C=O) groups is 2. The highest BCUT2D eigenvalue weighted by Crippen LogP contribution is 2.20. The fourth-order valence-corrected chi connectivity index (χ4v) is 1.60. The van der Waals surface area contributed by atoms with Crippen LogP contribution in [0.15, 0.2) is 30.9 Å². The predicted molar refractivity (Wildman–Crippen MR) is 74.6 cm³/mol. The van der Waals surface area contributed by atoms with Gasteiger partial charge in [-0.2, -0.15) is 0 Å². The lowest BCUT2D eigenvalue weighted by molar-refractivity contribution is 0.0698. The van der Waals surface area contributed by atoms with Gasteiger partial charge in [-0.1, -0.05) is 18.2 Å². The van der Waals surface area contributed by atoms with Crippen molar-refractivity contribution in [3.63, 3.8) is 0 Å². The van der Waals surface area contributed by atoms with Crippen LogP contribution in [0.4, 0.5) is 10.5 Å².